The summed E-state index contributed by atoms with van der Waals surface area (Å²) in [6.07, 6.45) is 10.1. The molecule has 0 saturated heterocycles. The SMILES string of the molecule is CN(CCCCCOC(=O)C(C)(c1ccccc1)c1ccccc1)C1CCCCC1. The lowest BCUT2D eigenvalue weighted by molar-refractivity contribution is -0.148. The summed E-state index contributed by atoms with van der Waals surface area (Å²) < 4.78 is 5.79. The molecule has 2 aromatic carbocycles. The predicted octanol–water partition coefficient (Wildman–Crippen LogP) is 5.97. The molecule has 0 heterocycles. The van der Waals surface area contributed by atoms with Crippen LogP contribution in [0.3, 0.4) is 0 Å². The first-order valence-electron chi connectivity index (χ1n) is 11.6. The zero-order valence-electron chi connectivity index (χ0n) is 18.7. The average Bonchev–Trinajstić information content (AvgIpc) is 2.82. The molecular weight excluding hydrogens is 370 g/mol. The highest BCUT2D eigenvalue weighted by molar-refractivity contribution is 5.87. The Morgan fingerprint density at radius 3 is 2.03 bits per heavy atom. The highest BCUT2D eigenvalue weighted by Crippen LogP contribution is 2.33. The van der Waals surface area contributed by atoms with E-state index in [1.165, 1.54) is 38.5 Å². The van der Waals surface area contributed by atoms with Crippen LogP contribution in [0.5, 0.6) is 0 Å². The van der Waals surface area contributed by atoms with E-state index >= 15 is 0 Å². The van der Waals surface area contributed by atoms with Crippen LogP contribution in [0.25, 0.3) is 0 Å². The van der Waals surface area contributed by atoms with E-state index in [0.29, 0.717) is 6.61 Å². The number of nitrogens with zero attached hydrogens (tertiary/aromatic N) is 1. The van der Waals surface area contributed by atoms with Crippen LogP contribution in [-0.4, -0.2) is 37.1 Å². The molecule has 2 aromatic rings. The molecule has 1 aliphatic carbocycles. The maximum absolute atomic E-state index is 13.2. The van der Waals surface area contributed by atoms with Crippen LogP contribution in [0.4, 0.5) is 0 Å². The van der Waals surface area contributed by atoms with Gasteiger partial charge in [0.1, 0.15) is 5.41 Å². The Kier molecular flexibility index (Phi) is 8.50. The van der Waals surface area contributed by atoms with Gasteiger partial charge in [0.25, 0.3) is 0 Å². The summed E-state index contributed by atoms with van der Waals surface area (Å²) in [7, 11) is 2.27. The quantitative estimate of drug-likeness (QED) is 0.359. The molecular formula is C27H37NO2. The third kappa shape index (κ3) is 5.72. The number of hydrogen-bond donors (Lipinski definition) is 0. The van der Waals surface area contributed by atoms with E-state index in [1.807, 2.05) is 67.6 Å². The highest BCUT2D eigenvalue weighted by atomic mass is 16.5. The molecule has 0 spiro atoms. The molecule has 3 heteroatoms. The van der Waals surface area contributed by atoms with Crippen molar-refractivity contribution in [2.75, 3.05) is 20.2 Å². The Morgan fingerprint density at radius 2 is 1.47 bits per heavy atom. The van der Waals surface area contributed by atoms with Crippen molar-refractivity contribution < 1.29 is 9.53 Å². The van der Waals surface area contributed by atoms with Gasteiger partial charge < -0.3 is 9.64 Å². The van der Waals surface area contributed by atoms with Crippen LogP contribution in [0, 0.1) is 0 Å². The van der Waals surface area contributed by atoms with E-state index in [9.17, 15) is 4.79 Å². The van der Waals surface area contributed by atoms with Crippen LogP contribution in [-0.2, 0) is 14.9 Å². The van der Waals surface area contributed by atoms with Crippen molar-refractivity contribution in [2.24, 2.45) is 0 Å². The van der Waals surface area contributed by atoms with Crippen molar-refractivity contribution in [2.45, 2.75) is 69.7 Å². The Morgan fingerprint density at radius 1 is 0.900 bits per heavy atom. The first kappa shape index (κ1) is 22.6. The lowest BCUT2D eigenvalue weighted by atomic mass is 9.76. The number of rotatable bonds is 10. The molecule has 0 amide bonds. The molecule has 0 radical (unpaired) electrons. The van der Waals surface area contributed by atoms with Crippen molar-refractivity contribution in [3.8, 4) is 0 Å². The minimum atomic E-state index is -0.788. The third-order valence-corrected chi connectivity index (χ3v) is 6.70. The van der Waals surface area contributed by atoms with Gasteiger partial charge in [-0.1, -0.05) is 79.9 Å². The van der Waals surface area contributed by atoms with Gasteiger partial charge in [-0.15, -0.1) is 0 Å². The molecule has 0 N–H and O–H groups in total. The second-order valence-corrected chi connectivity index (χ2v) is 8.83. The fraction of sp³-hybridized carbons (Fsp3) is 0.519. The summed E-state index contributed by atoms with van der Waals surface area (Å²) in [4.78, 5) is 15.7. The van der Waals surface area contributed by atoms with E-state index in [0.717, 1.165) is 36.6 Å². The number of unbranched alkanes of at least 4 members (excludes halogenated alkanes) is 2. The van der Waals surface area contributed by atoms with Crippen LogP contribution in [0.1, 0.15) is 69.4 Å². The molecule has 1 saturated carbocycles. The maximum Gasteiger partial charge on any atom is 0.320 e. The van der Waals surface area contributed by atoms with Crippen LogP contribution >= 0.6 is 0 Å². The molecule has 3 rings (SSSR count). The van der Waals surface area contributed by atoms with Crippen LogP contribution in [0.15, 0.2) is 60.7 Å². The third-order valence-electron chi connectivity index (χ3n) is 6.70. The fourth-order valence-electron chi connectivity index (χ4n) is 4.60. The first-order chi connectivity index (χ1) is 14.6. The lowest BCUT2D eigenvalue weighted by Crippen LogP contribution is -2.36. The number of hydrogen-bond acceptors (Lipinski definition) is 3. The van der Waals surface area contributed by atoms with Gasteiger partial charge >= 0.3 is 5.97 Å². The summed E-state index contributed by atoms with van der Waals surface area (Å²) >= 11 is 0. The van der Waals surface area contributed by atoms with Gasteiger partial charge in [-0.2, -0.15) is 0 Å². The van der Waals surface area contributed by atoms with Crippen LogP contribution < -0.4 is 0 Å². The Labute approximate surface area is 182 Å². The molecule has 0 bridgehead atoms. The molecule has 0 unspecified atom stereocenters. The second-order valence-electron chi connectivity index (χ2n) is 8.83. The minimum Gasteiger partial charge on any atom is -0.465 e. The average molecular weight is 408 g/mol. The molecule has 3 nitrogen and oxygen atoms in total. The lowest BCUT2D eigenvalue weighted by Gasteiger charge is -2.31. The molecule has 0 aliphatic heterocycles. The number of esters is 1. The van der Waals surface area contributed by atoms with Gasteiger partial charge in [0.15, 0.2) is 0 Å². The summed E-state index contributed by atoms with van der Waals surface area (Å²) in [5.74, 6) is -0.167. The van der Waals surface area contributed by atoms with Gasteiger partial charge in [-0.05, 0) is 63.7 Å². The van der Waals surface area contributed by atoms with Crippen molar-refractivity contribution in [3.63, 3.8) is 0 Å². The van der Waals surface area contributed by atoms with Crippen molar-refractivity contribution >= 4 is 5.97 Å². The van der Waals surface area contributed by atoms with E-state index in [4.69, 9.17) is 4.74 Å². The van der Waals surface area contributed by atoms with Crippen LogP contribution in [0.2, 0.25) is 0 Å². The number of benzene rings is 2. The number of ether oxygens (including phenoxy) is 1. The summed E-state index contributed by atoms with van der Waals surface area (Å²) in [5, 5.41) is 0. The molecule has 0 aromatic heterocycles. The number of carbonyl (C=O) groups excluding carboxylic acids is 1. The molecule has 30 heavy (non-hydrogen) atoms. The maximum atomic E-state index is 13.2. The van der Waals surface area contributed by atoms with Crippen molar-refractivity contribution in [1.82, 2.24) is 4.90 Å². The summed E-state index contributed by atoms with van der Waals surface area (Å²) in [5.41, 5.74) is 1.15. The van der Waals surface area contributed by atoms with Gasteiger partial charge in [0.05, 0.1) is 6.61 Å². The Hall–Kier alpha value is -2.13. The molecule has 0 atom stereocenters. The second kappa shape index (κ2) is 11.3. The fourth-order valence-corrected chi connectivity index (χ4v) is 4.60. The van der Waals surface area contributed by atoms with Crippen molar-refractivity contribution in [3.05, 3.63) is 71.8 Å². The van der Waals surface area contributed by atoms with E-state index in [1.54, 1.807) is 0 Å². The van der Waals surface area contributed by atoms with Gasteiger partial charge in [-0.3, -0.25) is 4.79 Å². The number of carbonyl (C=O) groups is 1. The molecule has 1 fully saturated rings. The monoisotopic (exact) mass is 407 g/mol. The minimum absolute atomic E-state index is 0.167. The predicted molar refractivity (Wildman–Crippen MR) is 124 cm³/mol. The zero-order chi connectivity index (χ0) is 21.2. The van der Waals surface area contributed by atoms with E-state index in [2.05, 4.69) is 11.9 Å². The topological polar surface area (TPSA) is 29.5 Å². The van der Waals surface area contributed by atoms with E-state index < -0.39 is 5.41 Å². The zero-order valence-corrected chi connectivity index (χ0v) is 18.7. The molecule has 162 valence electrons. The summed E-state index contributed by atoms with van der Waals surface area (Å²) in [6, 6.07) is 20.7. The van der Waals surface area contributed by atoms with E-state index in [-0.39, 0.29) is 5.97 Å². The highest BCUT2D eigenvalue weighted by Gasteiger charge is 2.38. The van der Waals surface area contributed by atoms with Gasteiger partial charge in [0.2, 0.25) is 0 Å². The first-order valence-corrected chi connectivity index (χ1v) is 11.6. The molecule has 1 aliphatic rings. The largest absolute Gasteiger partial charge is 0.465 e. The smallest absolute Gasteiger partial charge is 0.320 e. The normalized spacial score (nSPS) is 15.3. The Balaban J connectivity index is 1.48. The summed E-state index contributed by atoms with van der Waals surface area (Å²) in [6.45, 7) is 3.60. The Bertz CT molecular complexity index is 713. The standard InChI is InChI=1S/C27H37NO2/c1-27(23-15-7-3-8-16-23,24-17-9-4-10-18-24)26(29)30-22-14-6-13-21-28(2)25-19-11-5-12-20-25/h3-4,7-10,15-18,25H,5-6,11-14,19-22H2,1-2H3. The van der Waals surface area contributed by atoms with Crippen molar-refractivity contribution in [1.29, 1.82) is 0 Å². The van der Waals surface area contributed by atoms with Gasteiger partial charge in [-0.25, -0.2) is 0 Å². The van der Waals surface area contributed by atoms with Gasteiger partial charge in [0, 0.05) is 6.04 Å².